The molecule has 0 atom stereocenters. The second-order valence-corrected chi connectivity index (χ2v) is 5.15. The number of nitrogens with one attached hydrogen (secondary N) is 1. The van der Waals surface area contributed by atoms with Gasteiger partial charge >= 0.3 is 0 Å². The number of fused-ring (bicyclic) bond motifs is 1. The van der Waals surface area contributed by atoms with E-state index in [1.165, 1.54) is 15.6 Å². The summed E-state index contributed by atoms with van der Waals surface area (Å²) in [5, 5.41) is 3.52. The molecule has 13 heavy (non-hydrogen) atoms. The summed E-state index contributed by atoms with van der Waals surface area (Å²) >= 11 is 3.61. The molecule has 0 fully saturated rings. The zero-order chi connectivity index (χ0) is 9.47. The van der Waals surface area contributed by atoms with Crippen LogP contribution in [0.2, 0.25) is 0 Å². The molecule has 0 amide bonds. The van der Waals surface area contributed by atoms with Gasteiger partial charge in [0.05, 0.1) is 0 Å². The Morgan fingerprint density at radius 3 is 2.92 bits per heavy atom. The average molecular weight is 240 g/mol. The highest BCUT2D eigenvalue weighted by molar-refractivity contribution is 9.10. The Morgan fingerprint density at radius 2 is 2.15 bits per heavy atom. The summed E-state index contributed by atoms with van der Waals surface area (Å²) in [7, 11) is 0. The highest BCUT2D eigenvalue weighted by Crippen LogP contribution is 2.28. The van der Waals surface area contributed by atoms with Gasteiger partial charge in [0.15, 0.2) is 0 Å². The van der Waals surface area contributed by atoms with E-state index in [1.807, 2.05) is 0 Å². The van der Waals surface area contributed by atoms with Crippen LogP contribution < -0.4 is 5.32 Å². The van der Waals surface area contributed by atoms with Gasteiger partial charge in [-0.15, -0.1) is 0 Å². The Balaban J connectivity index is 2.44. The van der Waals surface area contributed by atoms with Gasteiger partial charge in [0.25, 0.3) is 0 Å². The van der Waals surface area contributed by atoms with Gasteiger partial charge in [0, 0.05) is 16.6 Å². The van der Waals surface area contributed by atoms with Crippen molar-refractivity contribution < 1.29 is 0 Å². The Morgan fingerprint density at radius 1 is 1.38 bits per heavy atom. The van der Waals surface area contributed by atoms with Crippen molar-refractivity contribution in [2.45, 2.75) is 32.4 Å². The maximum Gasteiger partial charge on any atom is 0.0213 e. The molecule has 1 aromatic carbocycles. The van der Waals surface area contributed by atoms with Gasteiger partial charge in [-0.2, -0.15) is 0 Å². The summed E-state index contributed by atoms with van der Waals surface area (Å²) < 4.78 is 1.25. The molecule has 1 aliphatic heterocycles. The molecule has 0 saturated carbocycles. The van der Waals surface area contributed by atoms with Crippen molar-refractivity contribution in [2.75, 3.05) is 0 Å². The summed E-state index contributed by atoms with van der Waals surface area (Å²) in [4.78, 5) is 0. The van der Waals surface area contributed by atoms with Gasteiger partial charge < -0.3 is 5.32 Å². The topological polar surface area (TPSA) is 12.0 Å². The molecule has 0 aromatic heterocycles. The van der Waals surface area contributed by atoms with Gasteiger partial charge in [0.1, 0.15) is 0 Å². The summed E-state index contributed by atoms with van der Waals surface area (Å²) in [5.74, 6) is 0. The number of hydrogen-bond donors (Lipinski definition) is 1. The maximum absolute atomic E-state index is 3.61. The second kappa shape index (κ2) is 3.10. The standard InChI is InChI=1S/C11H14BrN/c1-11(2)6-9-8(7-13-11)4-3-5-10(9)12/h3-5,13H,6-7H2,1-2H3. The number of benzene rings is 1. The zero-order valence-corrected chi connectivity index (χ0v) is 9.61. The van der Waals surface area contributed by atoms with Gasteiger partial charge in [-0.3, -0.25) is 0 Å². The van der Waals surface area contributed by atoms with Crippen LogP contribution in [-0.4, -0.2) is 5.54 Å². The highest BCUT2D eigenvalue weighted by atomic mass is 79.9. The van der Waals surface area contributed by atoms with Crippen LogP contribution in [0, 0.1) is 0 Å². The maximum atomic E-state index is 3.61. The summed E-state index contributed by atoms with van der Waals surface area (Å²) in [5.41, 5.74) is 3.12. The minimum absolute atomic E-state index is 0.233. The summed E-state index contributed by atoms with van der Waals surface area (Å²) in [6, 6.07) is 6.42. The highest BCUT2D eigenvalue weighted by Gasteiger charge is 2.25. The first-order valence-electron chi connectivity index (χ1n) is 4.60. The van der Waals surface area contributed by atoms with Crippen LogP contribution in [0.3, 0.4) is 0 Å². The van der Waals surface area contributed by atoms with Crippen LogP contribution in [0.4, 0.5) is 0 Å². The van der Waals surface area contributed by atoms with Crippen molar-refractivity contribution in [2.24, 2.45) is 0 Å². The Hall–Kier alpha value is -0.340. The fourth-order valence-electron chi connectivity index (χ4n) is 1.81. The first kappa shape index (κ1) is 9.22. The molecule has 0 unspecified atom stereocenters. The molecule has 0 aliphatic carbocycles. The van der Waals surface area contributed by atoms with E-state index in [1.54, 1.807) is 0 Å². The third-order valence-electron chi connectivity index (χ3n) is 2.59. The van der Waals surface area contributed by atoms with Crippen molar-refractivity contribution in [3.63, 3.8) is 0 Å². The van der Waals surface area contributed by atoms with Crippen molar-refractivity contribution in [3.8, 4) is 0 Å². The summed E-state index contributed by atoms with van der Waals surface area (Å²) in [6.07, 6.45) is 1.10. The molecule has 1 aromatic rings. The minimum Gasteiger partial charge on any atom is -0.307 e. The van der Waals surface area contributed by atoms with E-state index in [0.29, 0.717) is 0 Å². The van der Waals surface area contributed by atoms with E-state index in [9.17, 15) is 0 Å². The van der Waals surface area contributed by atoms with Crippen molar-refractivity contribution in [3.05, 3.63) is 33.8 Å². The van der Waals surface area contributed by atoms with Gasteiger partial charge in [0.2, 0.25) is 0 Å². The third-order valence-corrected chi connectivity index (χ3v) is 3.33. The molecule has 0 saturated heterocycles. The minimum atomic E-state index is 0.233. The second-order valence-electron chi connectivity index (χ2n) is 4.29. The van der Waals surface area contributed by atoms with E-state index in [0.717, 1.165) is 13.0 Å². The van der Waals surface area contributed by atoms with Crippen molar-refractivity contribution >= 4 is 15.9 Å². The van der Waals surface area contributed by atoms with E-state index in [2.05, 4.69) is 53.3 Å². The molecular weight excluding hydrogens is 226 g/mol. The van der Waals surface area contributed by atoms with E-state index in [4.69, 9.17) is 0 Å². The van der Waals surface area contributed by atoms with Gasteiger partial charge in [-0.1, -0.05) is 28.1 Å². The predicted octanol–water partition coefficient (Wildman–Crippen LogP) is 2.87. The molecule has 1 nitrogen and oxygen atoms in total. The fraction of sp³-hybridized carbons (Fsp3) is 0.455. The number of halogens is 1. The van der Waals surface area contributed by atoms with Gasteiger partial charge in [-0.05, 0) is 37.5 Å². The van der Waals surface area contributed by atoms with Crippen molar-refractivity contribution in [1.82, 2.24) is 5.32 Å². The van der Waals surface area contributed by atoms with Crippen LogP contribution >= 0.6 is 15.9 Å². The Bertz CT molecular complexity index is 331. The van der Waals surface area contributed by atoms with Crippen LogP contribution in [0.1, 0.15) is 25.0 Å². The normalized spacial score (nSPS) is 19.6. The predicted molar refractivity (Wildman–Crippen MR) is 58.8 cm³/mol. The molecule has 1 N–H and O–H groups in total. The molecule has 0 radical (unpaired) electrons. The average Bonchev–Trinajstić information content (AvgIpc) is 2.06. The fourth-order valence-corrected chi connectivity index (χ4v) is 2.35. The number of rotatable bonds is 0. The molecule has 70 valence electrons. The third kappa shape index (κ3) is 1.79. The molecule has 1 heterocycles. The van der Waals surface area contributed by atoms with Crippen molar-refractivity contribution in [1.29, 1.82) is 0 Å². The van der Waals surface area contributed by atoms with E-state index in [-0.39, 0.29) is 5.54 Å². The number of hydrogen-bond acceptors (Lipinski definition) is 1. The lowest BCUT2D eigenvalue weighted by molar-refractivity contribution is 0.362. The smallest absolute Gasteiger partial charge is 0.0213 e. The Labute approximate surface area is 87.7 Å². The molecule has 0 spiro atoms. The quantitative estimate of drug-likeness (QED) is 0.735. The lowest BCUT2D eigenvalue weighted by atomic mass is 9.88. The Kier molecular flexibility index (Phi) is 2.20. The monoisotopic (exact) mass is 239 g/mol. The van der Waals surface area contributed by atoms with Crippen LogP contribution in [-0.2, 0) is 13.0 Å². The SMILES string of the molecule is CC1(C)Cc2c(Br)cccc2CN1. The van der Waals surface area contributed by atoms with E-state index >= 15 is 0 Å². The van der Waals surface area contributed by atoms with E-state index < -0.39 is 0 Å². The van der Waals surface area contributed by atoms with Crippen LogP contribution in [0.5, 0.6) is 0 Å². The molecule has 0 bridgehead atoms. The first-order chi connectivity index (χ1) is 6.08. The largest absolute Gasteiger partial charge is 0.307 e. The van der Waals surface area contributed by atoms with Crippen LogP contribution in [0.15, 0.2) is 22.7 Å². The lowest BCUT2D eigenvalue weighted by Gasteiger charge is -2.33. The first-order valence-corrected chi connectivity index (χ1v) is 5.39. The zero-order valence-electron chi connectivity index (χ0n) is 8.02. The summed E-state index contributed by atoms with van der Waals surface area (Å²) in [6.45, 7) is 5.48. The van der Waals surface area contributed by atoms with Gasteiger partial charge in [-0.25, -0.2) is 0 Å². The van der Waals surface area contributed by atoms with Crippen LogP contribution in [0.25, 0.3) is 0 Å². The molecule has 2 heteroatoms. The molecule has 2 rings (SSSR count). The molecule has 1 aliphatic rings. The molecular formula is C11H14BrN. The lowest BCUT2D eigenvalue weighted by Crippen LogP contribution is -2.44.